The van der Waals surface area contributed by atoms with Crippen LogP contribution in [0.5, 0.6) is 10.9 Å². The number of aliphatic hydroxyl groups excluding tert-OH is 1. The van der Waals surface area contributed by atoms with Crippen LogP contribution in [0.2, 0.25) is 5.15 Å². The summed E-state index contributed by atoms with van der Waals surface area (Å²) in [6.07, 6.45) is 0. The van der Waals surface area contributed by atoms with Crippen molar-refractivity contribution in [1.82, 2.24) is 4.98 Å². The maximum atomic E-state index is 13.6. The van der Waals surface area contributed by atoms with Gasteiger partial charge in [0.2, 0.25) is 0 Å². The van der Waals surface area contributed by atoms with E-state index in [1.807, 2.05) is 0 Å². The van der Waals surface area contributed by atoms with Crippen LogP contribution in [-0.4, -0.2) is 10.1 Å². The molecule has 2 rings (SSSR count). The zero-order valence-corrected chi connectivity index (χ0v) is 10.5. The molecule has 0 radical (unpaired) electrons. The third kappa shape index (κ3) is 2.57. The zero-order valence-electron chi connectivity index (χ0n) is 8.91. The Hall–Kier alpha value is -1.17. The van der Waals surface area contributed by atoms with Crippen molar-refractivity contribution in [2.24, 2.45) is 0 Å². The Morgan fingerprint density at radius 2 is 2.29 bits per heavy atom. The number of aromatic nitrogens is 1. The van der Waals surface area contributed by atoms with E-state index >= 15 is 0 Å². The second-order valence-corrected chi connectivity index (χ2v) is 4.75. The molecular formula is C11H9ClFNO2S. The summed E-state index contributed by atoms with van der Waals surface area (Å²) in [4.78, 5) is 4.38. The lowest BCUT2D eigenvalue weighted by molar-refractivity contribution is 0.285. The Morgan fingerprint density at radius 1 is 1.53 bits per heavy atom. The number of thiazole rings is 1. The molecule has 0 aliphatic rings. The van der Waals surface area contributed by atoms with E-state index in [2.05, 4.69) is 4.98 Å². The Morgan fingerprint density at radius 3 is 2.94 bits per heavy atom. The molecule has 1 aromatic carbocycles. The van der Waals surface area contributed by atoms with Crippen LogP contribution in [0.1, 0.15) is 10.4 Å². The maximum Gasteiger partial charge on any atom is 0.280 e. The molecule has 6 heteroatoms. The van der Waals surface area contributed by atoms with E-state index < -0.39 is 5.82 Å². The van der Waals surface area contributed by atoms with Gasteiger partial charge in [0.1, 0.15) is 5.15 Å². The summed E-state index contributed by atoms with van der Waals surface area (Å²) in [7, 11) is 0. The van der Waals surface area contributed by atoms with Gasteiger partial charge in [-0.15, -0.1) is 0 Å². The number of aryl methyl sites for hydroxylation is 1. The molecule has 0 aliphatic heterocycles. The van der Waals surface area contributed by atoms with Crippen molar-refractivity contribution < 1.29 is 14.2 Å². The van der Waals surface area contributed by atoms with E-state index in [1.54, 1.807) is 19.1 Å². The second-order valence-electron chi connectivity index (χ2n) is 3.34. The van der Waals surface area contributed by atoms with Crippen molar-refractivity contribution in [2.45, 2.75) is 13.5 Å². The number of aliphatic hydroxyl groups is 1. The molecule has 2 aromatic rings. The molecule has 0 unspecified atom stereocenters. The fraction of sp³-hybridized carbons (Fsp3) is 0.182. The molecule has 3 nitrogen and oxygen atoms in total. The van der Waals surface area contributed by atoms with Gasteiger partial charge < -0.3 is 9.84 Å². The van der Waals surface area contributed by atoms with Crippen LogP contribution < -0.4 is 4.74 Å². The molecule has 90 valence electrons. The average molecular weight is 274 g/mol. The molecule has 0 bridgehead atoms. The third-order valence-electron chi connectivity index (χ3n) is 2.13. The molecule has 1 aromatic heterocycles. The van der Waals surface area contributed by atoms with Crippen molar-refractivity contribution in [3.05, 3.63) is 39.6 Å². The van der Waals surface area contributed by atoms with E-state index in [9.17, 15) is 4.39 Å². The van der Waals surface area contributed by atoms with Crippen LogP contribution >= 0.6 is 22.9 Å². The van der Waals surface area contributed by atoms with E-state index in [0.29, 0.717) is 10.4 Å². The number of nitrogens with zero attached hydrogens (tertiary/aromatic N) is 1. The largest absolute Gasteiger partial charge is 0.428 e. The summed E-state index contributed by atoms with van der Waals surface area (Å²) in [6.45, 7) is 1.44. The molecule has 0 atom stereocenters. The summed E-state index contributed by atoms with van der Waals surface area (Å²) in [5.41, 5.74) is 0.493. The Bertz CT molecular complexity index is 544. The summed E-state index contributed by atoms with van der Waals surface area (Å²) in [6, 6.07) is 4.85. The first-order valence-electron chi connectivity index (χ1n) is 4.81. The van der Waals surface area contributed by atoms with Gasteiger partial charge in [0.25, 0.3) is 5.19 Å². The smallest absolute Gasteiger partial charge is 0.280 e. The molecule has 0 aliphatic carbocycles. The summed E-state index contributed by atoms with van der Waals surface area (Å²) in [5, 5.41) is 9.35. The second kappa shape index (κ2) is 5.00. The molecule has 0 fully saturated rings. The predicted molar refractivity (Wildman–Crippen MR) is 64.3 cm³/mol. The molecule has 1 heterocycles. The van der Waals surface area contributed by atoms with Gasteiger partial charge in [0, 0.05) is 0 Å². The molecule has 0 spiro atoms. The quantitative estimate of drug-likeness (QED) is 0.930. The Balaban J connectivity index is 2.28. The highest BCUT2D eigenvalue weighted by atomic mass is 35.5. The number of halogens is 2. The van der Waals surface area contributed by atoms with Gasteiger partial charge in [-0.05, 0) is 18.6 Å². The minimum absolute atomic E-state index is 0.0971. The van der Waals surface area contributed by atoms with E-state index in [4.69, 9.17) is 21.4 Å². The normalized spacial score (nSPS) is 10.6. The lowest BCUT2D eigenvalue weighted by Crippen LogP contribution is -1.89. The van der Waals surface area contributed by atoms with E-state index in [1.165, 1.54) is 6.07 Å². The van der Waals surface area contributed by atoms with Gasteiger partial charge in [-0.3, -0.25) is 0 Å². The Labute approximate surface area is 106 Å². The first-order valence-corrected chi connectivity index (χ1v) is 6.00. The minimum atomic E-state index is -0.427. The van der Waals surface area contributed by atoms with Gasteiger partial charge in [0.15, 0.2) is 11.6 Å². The van der Waals surface area contributed by atoms with Crippen LogP contribution in [0.3, 0.4) is 0 Å². The highest BCUT2D eigenvalue weighted by molar-refractivity contribution is 7.13. The number of rotatable bonds is 3. The Kier molecular flexibility index (Phi) is 3.61. The predicted octanol–water partition coefficient (Wildman–Crippen LogP) is 3.53. The highest BCUT2D eigenvalue weighted by Crippen LogP contribution is 2.33. The van der Waals surface area contributed by atoms with Gasteiger partial charge >= 0.3 is 0 Å². The van der Waals surface area contributed by atoms with E-state index in [0.717, 1.165) is 11.3 Å². The van der Waals surface area contributed by atoms with Crippen molar-refractivity contribution >= 4 is 22.9 Å². The standard InChI is InChI=1S/C11H9ClFNO2S/c1-6-3-2-4-7(9(6)13)16-11-14-10(12)8(5-15)17-11/h2-4,15H,5H2,1H3. The van der Waals surface area contributed by atoms with Crippen molar-refractivity contribution in [3.63, 3.8) is 0 Å². The van der Waals surface area contributed by atoms with Crippen LogP contribution in [0.25, 0.3) is 0 Å². The zero-order chi connectivity index (χ0) is 12.4. The first kappa shape index (κ1) is 12.3. The maximum absolute atomic E-state index is 13.6. The lowest BCUT2D eigenvalue weighted by Gasteiger charge is -2.04. The third-order valence-corrected chi connectivity index (χ3v) is 3.47. The topological polar surface area (TPSA) is 42.4 Å². The summed E-state index contributed by atoms with van der Waals surface area (Å²) in [5.74, 6) is -0.329. The molecule has 0 amide bonds. The molecule has 0 saturated carbocycles. The van der Waals surface area contributed by atoms with Crippen molar-refractivity contribution in [3.8, 4) is 10.9 Å². The SMILES string of the molecule is Cc1cccc(Oc2nc(Cl)c(CO)s2)c1F. The molecule has 0 saturated heterocycles. The number of hydrogen-bond acceptors (Lipinski definition) is 4. The van der Waals surface area contributed by atoms with Crippen molar-refractivity contribution in [2.75, 3.05) is 0 Å². The van der Waals surface area contributed by atoms with E-state index in [-0.39, 0.29) is 22.7 Å². The molecule has 17 heavy (non-hydrogen) atoms. The van der Waals surface area contributed by atoms with Crippen molar-refractivity contribution in [1.29, 1.82) is 0 Å². The van der Waals surface area contributed by atoms with Gasteiger partial charge in [-0.1, -0.05) is 35.1 Å². The van der Waals surface area contributed by atoms with Gasteiger partial charge in [-0.25, -0.2) is 4.39 Å². The fourth-order valence-electron chi connectivity index (χ4n) is 1.25. The number of hydrogen-bond donors (Lipinski definition) is 1. The molecular weight excluding hydrogens is 265 g/mol. The average Bonchev–Trinajstić information content (AvgIpc) is 2.65. The summed E-state index contributed by atoms with van der Waals surface area (Å²) < 4.78 is 18.9. The van der Waals surface area contributed by atoms with Crippen LogP contribution in [0, 0.1) is 12.7 Å². The van der Waals surface area contributed by atoms with Gasteiger partial charge in [-0.2, -0.15) is 4.98 Å². The minimum Gasteiger partial charge on any atom is -0.428 e. The monoisotopic (exact) mass is 273 g/mol. The number of ether oxygens (including phenoxy) is 1. The van der Waals surface area contributed by atoms with Gasteiger partial charge in [0.05, 0.1) is 11.5 Å². The summed E-state index contributed by atoms with van der Waals surface area (Å²) >= 11 is 6.83. The molecule has 1 N–H and O–H groups in total. The fourth-order valence-corrected chi connectivity index (χ4v) is 2.22. The van der Waals surface area contributed by atoms with Crippen LogP contribution in [0.4, 0.5) is 4.39 Å². The van der Waals surface area contributed by atoms with Crippen LogP contribution in [0.15, 0.2) is 18.2 Å². The van der Waals surface area contributed by atoms with Crippen LogP contribution in [-0.2, 0) is 6.61 Å². The number of benzene rings is 1. The first-order chi connectivity index (χ1) is 8.11. The lowest BCUT2D eigenvalue weighted by atomic mass is 10.2. The highest BCUT2D eigenvalue weighted by Gasteiger charge is 2.13.